The molecule has 0 amide bonds. The molecule has 2 rings (SSSR count). The molecule has 0 fully saturated rings. The smallest absolute Gasteiger partial charge is 0.244 e. The fraction of sp³-hybridized carbons (Fsp3) is 0.231. The normalized spacial score (nSPS) is 11.9. The van der Waals surface area contributed by atoms with Crippen molar-refractivity contribution in [1.82, 2.24) is 9.29 Å². The number of hydrogen-bond acceptors (Lipinski definition) is 4. The van der Waals surface area contributed by atoms with Gasteiger partial charge in [0.1, 0.15) is 5.84 Å². The third kappa shape index (κ3) is 2.63. The van der Waals surface area contributed by atoms with E-state index in [2.05, 4.69) is 4.98 Å². The predicted molar refractivity (Wildman–Crippen MR) is 78.1 cm³/mol. The van der Waals surface area contributed by atoms with E-state index in [0.29, 0.717) is 5.39 Å². The maximum absolute atomic E-state index is 12.7. The molecule has 2 aromatic rings. The summed E-state index contributed by atoms with van der Waals surface area (Å²) in [6.07, 6.45) is 3.18. The predicted octanol–water partition coefficient (Wildman–Crippen LogP) is 1.18. The maximum atomic E-state index is 12.7. The molecule has 3 N–H and O–H groups in total. The Morgan fingerprint density at radius 2 is 2.15 bits per heavy atom. The average molecular weight is 292 g/mol. The molecule has 0 atom stereocenters. The SMILES string of the molecule is CCN(CC(=N)N)S(=O)(=O)c1cccc2cnccc12. The van der Waals surface area contributed by atoms with Crippen molar-refractivity contribution < 1.29 is 8.42 Å². The number of amidine groups is 1. The van der Waals surface area contributed by atoms with Gasteiger partial charge in [-0.25, -0.2) is 8.42 Å². The van der Waals surface area contributed by atoms with Gasteiger partial charge in [-0.3, -0.25) is 10.4 Å². The first kappa shape index (κ1) is 14.4. The Kier molecular flexibility index (Phi) is 4.01. The molecular formula is C13H16N4O2S. The van der Waals surface area contributed by atoms with Crippen LogP contribution in [0.2, 0.25) is 0 Å². The number of nitrogens with one attached hydrogen (secondary N) is 1. The summed E-state index contributed by atoms with van der Waals surface area (Å²) in [7, 11) is -3.69. The van der Waals surface area contributed by atoms with Crippen LogP contribution in [-0.2, 0) is 10.0 Å². The number of nitrogens with zero attached hydrogens (tertiary/aromatic N) is 2. The number of rotatable bonds is 5. The quantitative estimate of drug-likeness (QED) is 0.638. The van der Waals surface area contributed by atoms with Crippen LogP contribution in [0, 0.1) is 5.41 Å². The lowest BCUT2D eigenvalue weighted by Gasteiger charge is -2.20. The third-order valence-corrected chi connectivity index (χ3v) is 4.94. The number of fused-ring (bicyclic) bond motifs is 1. The van der Waals surface area contributed by atoms with Crippen LogP contribution in [0.1, 0.15) is 6.92 Å². The fourth-order valence-corrected chi connectivity index (χ4v) is 3.66. The van der Waals surface area contributed by atoms with Crippen molar-refractivity contribution in [2.24, 2.45) is 5.73 Å². The second kappa shape index (κ2) is 5.56. The third-order valence-electron chi connectivity index (χ3n) is 2.96. The van der Waals surface area contributed by atoms with E-state index in [4.69, 9.17) is 11.1 Å². The zero-order valence-electron chi connectivity index (χ0n) is 11.1. The van der Waals surface area contributed by atoms with Crippen LogP contribution in [0.3, 0.4) is 0 Å². The molecular weight excluding hydrogens is 276 g/mol. The first-order chi connectivity index (χ1) is 9.46. The van der Waals surface area contributed by atoms with Crippen LogP contribution in [0.4, 0.5) is 0 Å². The first-order valence-electron chi connectivity index (χ1n) is 6.12. The van der Waals surface area contributed by atoms with E-state index in [9.17, 15) is 8.42 Å². The van der Waals surface area contributed by atoms with E-state index in [1.807, 2.05) is 6.07 Å². The van der Waals surface area contributed by atoms with Gasteiger partial charge in [0.2, 0.25) is 10.0 Å². The molecule has 0 spiro atoms. The van der Waals surface area contributed by atoms with Gasteiger partial charge >= 0.3 is 0 Å². The van der Waals surface area contributed by atoms with Gasteiger partial charge in [-0.05, 0) is 12.1 Å². The lowest BCUT2D eigenvalue weighted by molar-refractivity contribution is 0.466. The Balaban J connectivity index is 2.59. The van der Waals surface area contributed by atoms with Crippen molar-refractivity contribution in [2.75, 3.05) is 13.1 Å². The molecule has 7 heteroatoms. The Labute approximate surface area is 117 Å². The average Bonchev–Trinajstić information content (AvgIpc) is 2.43. The molecule has 0 unspecified atom stereocenters. The molecule has 0 aliphatic heterocycles. The summed E-state index contributed by atoms with van der Waals surface area (Å²) in [5.41, 5.74) is 5.32. The van der Waals surface area contributed by atoms with E-state index in [-0.39, 0.29) is 23.8 Å². The molecule has 0 bridgehead atoms. The van der Waals surface area contributed by atoms with E-state index >= 15 is 0 Å². The number of nitrogens with two attached hydrogens (primary N) is 1. The molecule has 0 aliphatic rings. The van der Waals surface area contributed by atoms with Gasteiger partial charge in [0.25, 0.3) is 0 Å². The minimum Gasteiger partial charge on any atom is -0.387 e. The summed E-state index contributed by atoms with van der Waals surface area (Å²) >= 11 is 0. The fourth-order valence-electron chi connectivity index (χ4n) is 2.01. The highest BCUT2D eigenvalue weighted by molar-refractivity contribution is 7.89. The summed E-state index contributed by atoms with van der Waals surface area (Å²) in [6, 6.07) is 6.71. The largest absolute Gasteiger partial charge is 0.387 e. The summed E-state index contributed by atoms with van der Waals surface area (Å²) < 4.78 is 26.5. The minimum absolute atomic E-state index is 0.111. The standard InChI is InChI=1S/C13H16N4O2S/c1-2-17(9-13(14)15)20(18,19)12-5-3-4-10-8-16-7-6-11(10)12/h3-8H,2,9H2,1H3,(H3,14,15). The van der Waals surface area contributed by atoms with Gasteiger partial charge in [0.05, 0.1) is 11.4 Å². The Bertz CT molecular complexity index is 738. The Hall–Kier alpha value is -1.99. The molecule has 6 nitrogen and oxygen atoms in total. The van der Waals surface area contributed by atoms with Crippen molar-refractivity contribution in [3.8, 4) is 0 Å². The van der Waals surface area contributed by atoms with Crippen LogP contribution in [-0.4, -0.2) is 36.6 Å². The van der Waals surface area contributed by atoms with Crippen molar-refractivity contribution in [1.29, 1.82) is 5.41 Å². The second-order valence-electron chi connectivity index (χ2n) is 4.31. The van der Waals surface area contributed by atoms with Crippen molar-refractivity contribution in [3.63, 3.8) is 0 Å². The zero-order chi connectivity index (χ0) is 14.8. The summed E-state index contributed by atoms with van der Waals surface area (Å²) in [5, 5.41) is 8.67. The molecule has 0 saturated heterocycles. The zero-order valence-corrected chi connectivity index (χ0v) is 11.9. The van der Waals surface area contributed by atoms with Gasteiger partial charge in [0.15, 0.2) is 0 Å². The lowest BCUT2D eigenvalue weighted by Crippen LogP contribution is -2.38. The lowest BCUT2D eigenvalue weighted by atomic mass is 10.2. The number of aromatic nitrogens is 1. The van der Waals surface area contributed by atoms with Crippen molar-refractivity contribution in [3.05, 3.63) is 36.7 Å². The second-order valence-corrected chi connectivity index (χ2v) is 6.22. The van der Waals surface area contributed by atoms with Gasteiger partial charge in [-0.1, -0.05) is 19.1 Å². The Morgan fingerprint density at radius 1 is 1.40 bits per heavy atom. The molecule has 0 saturated carbocycles. The van der Waals surface area contributed by atoms with Crippen molar-refractivity contribution >= 4 is 26.6 Å². The summed E-state index contributed by atoms with van der Waals surface area (Å²) in [6.45, 7) is 1.86. The molecule has 1 heterocycles. The molecule has 1 aromatic heterocycles. The van der Waals surface area contributed by atoms with E-state index in [0.717, 1.165) is 5.39 Å². The number of pyridine rings is 1. The van der Waals surface area contributed by atoms with E-state index in [1.54, 1.807) is 37.5 Å². The highest BCUT2D eigenvalue weighted by atomic mass is 32.2. The molecule has 20 heavy (non-hydrogen) atoms. The highest BCUT2D eigenvalue weighted by Gasteiger charge is 2.25. The van der Waals surface area contributed by atoms with Crippen LogP contribution in [0.5, 0.6) is 0 Å². The van der Waals surface area contributed by atoms with Gasteiger partial charge in [-0.2, -0.15) is 4.31 Å². The van der Waals surface area contributed by atoms with Crippen LogP contribution in [0.25, 0.3) is 10.8 Å². The van der Waals surface area contributed by atoms with Crippen LogP contribution >= 0.6 is 0 Å². The number of benzene rings is 1. The topological polar surface area (TPSA) is 100 Å². The number of sulfonamides is 1. The molecule has 106 valence electrons. The van der Waals surface area contributed by atoms with E-state index < -0.39 is 10.0 Å². The molecule has 0 radical (unpaired) electrons. The van der Waals surface area contributed by atoms with Crippen LogP contribution < -0.4 is 5.73 Å². The van der Waals surface area contributed by atoms with Gasteiger partial charge in [-0.15, -0.1) is 0 Å². The summed E-state index contributed by atoms with van der Waals surface area (Å²) in [5.74, 6) is -0.183. The number of hydrogen-bond donors (Lipinski definition) is 2. The number of likely N-dealkylation sites (N-methyl/N-ethyl adjacent to an activating group) is 1. The van der Waals surface area contributed by atoms with Crippen molar-refractivity contribution in [2.45, 2.75) is 11.8 Å². The van der Waals surface area contributed by atoms with Gasteiger partial charge in [0, 0.05) is 29.7 Å². The Morgan fingerprint density at radius 3 is 2.80 bits per heavy atom. The molecule has 0 aliphatic carbocycles. The summed E-state index contributed by atoms with van der Waals surface area (Å²) in [4.78, 5) is 4.20. The highest BCUT2D eigenvalue weighted by Crippen LogP contribution is 2.24. The van der Waals surface area contributed by atoms with E-state index in [1.165, 1.54) is 4.31 Å². The molecule has 1 aromatic carbocycles. The minimum atomic E-state index is -3.69. The first-order valence-corrected chi connectivity index (χ1v) is 7.56. The monoisotopic (exact) mass is 292 g/mol. The van der Waals surface area contributed by atoms with Crippen LogP contribution in [0.15, 0.2) is 41.6 Å². The van der Waals surface area contributed by atoms with Gasteiger partial charge < -0.3 is 5.73 Å². The maximum Gasteiger partial charge on any atom is 0.244 e.